The van der Waals surface area contributed by atoms with E-state index in [0.717, 1.165) is 30.0 Å². The number of allylic oxidation sites excluding steroid dienone is 4. The van der Waals surface area contributed by atoms with Gasteiger partial charge in [0.2, 0.25) is 5.91 Å². The molecule has 1 N–H and O–H groups in total. The van der Waals surface area contributed by atoms with E-state index in [1.54, 1.807) is 6.20 Å². The minimum absolute atomic E-state index is 0.0645. The fraction of sp³-hybridized carbons (Fsp3) is 0.348. The van der Waals surface area contributed by atoms with E-state index in [9.17, 15) is 4.79 Å². The van der Waals surface area contributed by atoms with Crippen LogP contribution in [0.1, 0.15) is 24.4 Å². The van der Waals surface area contributed by atoms with Gasteiger partial charge in [-0.1, -0.05) is 42.5 Å². The van der Waals surface area contributed by atoms with E-state index in [4.69, 9.17) is 4.74 Å². The monoisotopic (exact) mass is 375 g/mol. The molecule has 2 aliphatic carbocycles. The highest BCUT2D eigenvalue weighted by Crippen LogP contribution is 2.60. The molecular weight excluding hydrogens is 350 g/mol. The van der Waals surface area contributed by atoms with Crippen LogP contribution < -0.4 is 10.1 Å². The lowest BCUT2D eigenvalue weighted by Gasteiger charge is -2.26. The van der Waals surface area contributed by atoms with Gasteiger partial charge in [-0.05, 0) is 44.7 Å². The average Bonchev–Trinajstić information content (AvgIpc) is 3.45. The Morgan fingerprint density at radius 3 is 2.79 bits per heavy atom. The number of para-hydroxylation sites is 1. The first-order valence-electron chi connectivity index (χ1n) is 9.71. The average molecular weight is 375 g/mol. The number of anilines is 1. The molecule has 1 aromatic carbocycles. The highest BCUT2D eigenvalue weighted by Gasteiger charge is 2.62. The zero-order chi connectivity index (χ0) is 19.6. The van der Waals surface area contributed by atoms with Crippen LogP contribution in [-0.2, 0) is 4.79 Å². The summed E-state index contributed by atoms with van der Waals surface area (Å²) in [5.74, 6) is 1.70. The fourth-order valence-corrected chi connectivity index (χ4v) is 4.03. The number of ether oxygens (including phenoxy) is 1. The molecule has 5 heteroatoms. The molecule has 1 saturated carbocycles. The smallest absolute Gasteiger partial charge is 0.228 e. The number of nitrogens with zero attached hydrogens (tertiary/aromatic N) is 2. The second-order valence-corrected chi connectivity index (χ2v) is 7.66. The van der Waals surface area contributed by atoms with E-state index in [2.05, 4.69) is 39.6 Å². The predicted octanol–water partition coefficient (Wildman–Crippen LogP) is 4.25. The first-order chi connectivity index (χ1) is 13.6. The van der Waals surface area contributed by atoms with Gasteiger partial charge in [-0.15, -0.1) is 0 Å². The molecular formula is C23H25N3O2. The van der Waals surface area contributed by atoms with Crippen LogP contribution in [0.5, 0.6) is 5.75 Å². The summed E-state index contributed by atoms with van der Waals surface area (Å²) in [6.07, 6.45) is 12.0. The zero-order valence-corrected chi connectivity index (χ0v) is 16.3. The minimum Gasteiger partial charge on any atom is -0.489 e. The number of carbonyl (C=O) groups is 1. The molecule has 1 heterocycles. The van der Waals surface area contributed by atoms with Crippen molar-refractivity contribution in [3.8, 4) is 5.75 Å². The number of benzene rings is 1. The number of hydrogen-bond acceptors (Lipinski definition) is 4. The lowest BCUT2D eigenvalue weighted by Crippen LogP contribution is -2.29. The van der Waals surface area contributed by atoms with Gasteiger partial charge in [0.1, 0.15) is 5.82 Å². The molecule has 1 aromatic heterocycles. The van der Waals surface area contributed by atoms with Crippen LogP contribution in [0.25, 0.3) is 0 Å². The van der Waals surface area contributed by atoms with Gasteiger partial charge in [0.05, 0.1) is 18.5 Å². The third kappa shape index (κ3) is 3.70. The standard InChI is InChI=1S/C23H25N3O2/c1-16-21(14-24-17(2)25-16)28-15-23(18-9-5-3-6-10-18)13-20(23)22(27)26-19-11-7-4-8-12-19/h3-9,11-12,14,18,20H,10,13,15H2,1-2H3,(H,26,27)/t18?,20-,23+/m0/s1. The molecule has 2 aromatic rings. The number of nitrogens with one attached hydrogen (secondary N) is 1. The summed E-state index contributed by atoms with van der Waals surface area (Å²) < 4.78 is 6.14. The normalized spacial score (nSPS) is 25.4. The summed E-state index contributed by atoms with van der Waals surface area (Å²) in [6, 6.07) is 9.61. The Labute approximate surface area is 165 Å². The van der Waals surface area contributed by atoms with Gasteiger partial charge >= 0.3 is 0 Å². The number of amides is 1. The Morgan fingerprint density at radius 1 is 1.25 bits per heavy atom. The van der Waals surface area contributed by atoms with Gasteiger partial charge in [0, 0.05) is 17.0 Å². The van der Waals surface area contributed by atoms with Crippen molar-refractivity contribution in [3.63, 3.8) is 0 Å². The molecule has 1 unspecified atom stereocenters. The van der Waals surface area contributed by atoms with Crippen molar-refractivity contribution >= 4 is 11.6 Å². The van der Waals surface area contributed by atoms with E-state index in [1.807, 2.05) is 44.2 Å². The Balaban J connectivity index is 1.50. The predicted molar refractivity (Wildman–Crippen MR) is 109 cm³/mol. The maximum absolute atomic E-state index is 12.9. The molecule has 1 amide bonds. The van der Waals surface area contributed by atoms with Crippen LogP contribution in [0, 0.1) is 31.1 Å². The van der Waals surface area contributed by atoms with Crippen LogP contribution in [0.4, 0.5) is 5.69 Å². The molecule has 144 valence electrons. The molecule has 5 nitrogen and oxygen atoms in total. The highest BCUT2D eigenvalue weighted by atomic mass is 16.5. The van der Waals surface area contributed by atoms with Crippen LogP contribution >= 0.6 is 0 Å². The maximum Gasteiger partial charge on any atom is 0.228 e. The van der Waals surface area contributed by atoms with E-state index < -0.39 is 0 Å². The van der Waals surface area contributed by atoms with Crippen LogP contribution in [0.2, 0.25) is 0 Å². The van der Waals surface area contributed by atoms with Crippen molar-refractivity contribution in [2.75, 3.05) is 11.9 Å². The van der Waals surface area contributed by atoms with Crippen LogP contribution in [0.15, 0.2) is 60.8 Å². The summed E-state index contributed by atoms with van der Waals surface area (Å²) in [7, 11) is 0. The molecule has 0 bridgehead atoms. The molecule has 4 rings (SSSR count). The van der Waals surface area contributed by atoms with Crippen molar-refractivity contribution in [1.29, 1.82) is 0 Å². The number of aryl methyl sites for hydroxylation is 2. The summed E-state index contributed by atoms with van der Waals surface area (Å²) in [6.45, 7) is 4.27. The molecule has 3 atom stereocenters. The third-order valence-corrected chi connectivity index (χ3v) is 5.75. The molecule has 0 saturated heterocycles. The van der Waals surface area contributed by atoms with Gasteiger partial charge in [0.25, 0.3) is 0 Å². The lowest BCUT2D eigenvalue weighted by atomic mass is 9.82. The largest absolute Gasteiger partial charge is 0.489 e. The topological polar surface area (TPSA) is 64.1 Å². The Morgan fingerprint density at radius 2 is 2.07 bits per heavy atom. The summed E-state index contributed by atoms with van der Waals surface area (Å²) in [4.78, 5) is 21.5. The molecule has 28 heavy (non-hydrogen) atoms. The van der Waals surface area contributed by atoms with Crippen molar-refractivity contribution in [3.05, 3.63) is 72.4 Å². The second-order valence-electron chi connectivity index (χ2n) is 7.66. The fourth-order valence-electron chi connectivity index (χ4n) is 4.03. The lowest BCUT2D eigenvalue weighted by molar-refractivity contribution is -0.118. The quantitative estimate of drug-likeness (QED) is 0.820. The van der Waals surface area contributed by atoms with Gasteiger partial charge in [0.15, 0.2) is 5.75 Å². The molecule has 1 fully saturated rings. The van der Waals surface area contributed by atoms with Gasteiger partial charge in [-0.25, -0.2) is 9.97 Å². The van der Waals surface area contributed by atoms with Gasteiger partial charge < -0.3 is 10.1 Å². The van der Waals surface area contributed by atoms with Crippen LogP contribution in [-0.4, -0.2) is 22.5 Å². The first-order valence-corrected chi connectivity index (χ1v) is 9.71. The van der Waals surface area contributed by atoms with Crippen LogP contribution in [0.3, 0.4) is 0 Å². The van der Waals surface area contributed by atoms with E-state index in [-0.39, 0.29) is 23.2 Å². The number of rotatable bonds is 6. The third-order valence-electron chi connectivity index (χ3n) is 5.75. The maximum atomic E-state index is 12.9. The van der Waals surface area contributed by atoms with E-state index in [0.29, 0.717) is 12.4 Å². The summed E-state index contributed by atoms with van der Waals surface area (Å²) in [5, 5.41) is 3.05. The summed E-state index contributed by atoms with van der Waals surface area (Å²) >= 11 is 0. The second kappa shape index (κ2) is 7.58. The Hall–Kier alpha value is -2.95. The van der Waals surface area contributed by atoms with Crippen molar-refractivity contribution in [1.82, 2.24) is 9.97 Å². The number of aromatic nitrogens is 2. The number of carbonyl (C=O) groups excluding carboxylic acids is 1. The van der Waals surface area contributed by atoms with E-state index >= 15 is 0 Å². The molecule has 0 spiro atoms. The van der Waals surface area contributed by atoms with Crippen molar-refractivity contribution < 1.29 is 9.53 Å². The minimum atomic E-state index is -0.197. The zero-order valence-electron chi connectivity index (χ0n) is 16.3. The summed E-state index contributed by atoms with van der Waals surface area (Å²) in [5.41, 5.74) is 1.46. The molecule has 0 aliphatic heterocycles. The highest BCUT2D eigenvalue weighted by molar-refractivity contribution is 5.95. The van der Waals surface area contributed by atoms with Crippen molar-refractivity contribution in [2.24, 2.45) is 17.3 Å². The van der Waals surface area contributed by atoms with Crippen molar-refractivity contribution in [2.45, 2.75) is 26.7 Å². The van der Waals surface area contributed by atoms with E-state index in [1.165, 1.54) is 0 Å². The molecule has 2 aliphatic rings. The Bertz CT molecular complexity index is 923. The Kier molecular flexibility index (Phi) is 4.99. The first kappa shape index (κ1) is 18.4. The SMILES string of the molecule is Cc1ncc(OC[C@@]2(C3C=CC=CC3)C[C@H]2C(=O)Nc2ccccc2)c(C)n1. The van der Waals surface area contributed by atoms with Gasteiger partial charge in [-0.2, -0.15) is 0 Å². The molecule has 0 radical (unpaired) electrons. The number of hydrogen-bond donors (Lipinski definition) is 1. The van der Waals surface area contributed by atoms with Gasteiger partial charge in [-0.3, -0.25) is 4.79 Å².